The Morgan fingerprint density at radius 2 is 2.11 bits per heavy atom. The van der Waals surface area contributed by atoms with Crippen LogP contribution in [0.5, 0.6) is 0 Å². The van der Waals surface area contributed by atoms with E-state index in [9.17, 15) is 0 Å². The first-order valence-corrected chi connectivity index (χ1v) is 6.65. The molecule has 0 aliphatic heterocycles. The molecule has 5 heteroatoms. The third-order valence-corrected chi connectivity index (χ3v) is 3.73. The van der Waals surface area contributed by atoms with Crippen LogP contribution in [0.25, 0.3) is 10.2 Å². The van der Waals surface area contributed by atoms with Crippen molar-refractivity contribution in [1.82, 2.24) is 9.97 Å². The van der Waals surface area contributed by atoms with Crippen molar-refractivity contribution in [2.75, 3.05) is 5.32 Å². The summed E-state index contributed by atoms with van der Waals surface area (Å²) in [5.41, 5.74) is 0.923. The molecule has 0 atom stereocenters. The standard InChI is InChI=1S/C13H10ClN3S/c1-8-5-11-12(15-7-16-13(11)18-8)17-10-4-2-3-9(14)6-10/h2-7H,1H3,(H,15,16,17). The first kappa shape index (κ1) is 11.4. The van der Waals surface area contributed by atoms with Crippen LogP contribution in [0.15, 0.2) is 36.7 Å². The SMILES string of the molecule is Cc1cc2c(Nc3cccc(Cl)c3)ncnc2s1. The summed E-state index contributed by atoms with van der Waals surface area (Å²) in [6, 6.07) is 9.67. The van der Waals surface area contributed by atoms with Crippen LogP contribution < -0.4 is 5.32 Å². The summed E-state index contributed by atoms with van der Waals surface area (Å²) in [6.07, 6.45) is 1.57. The van der Waals surface area contributed by atoms with Crippen LogP contribution in [0.2, 0.25) is 5.02 Å². The molecule has 0 spiro atoms. The number of aryl methyl sites for hydroxylation is 1. The number of nitrogens with zero attached hydrogens (tertiary/aromatic N) is 2. The maximum Gasteiger partial charge on any atom is 0.142 e. The molecule has 3 nitrogen and oxygen atoms in total. The molecule has 0 bridgehead atoms. The molecule has 0 aliphatic rings. The molecule has 0 radical (unpaired) electrons. The topological polar surface area (TPSA) is 37.8 Å². The number of benzene rings is 1. The van der Waals surface area contributed by atoms with Gasteiger partial charge in [-0.25, -0.2) is 9.97 Å². The molecule has 0 fully saturated rings. The Bertz CT molecular complexity index is 708. The summed E-state index contributed by atoms with van der Waals surface area (Å²) in [5.74, 6) is 0.812. The van der Waals surface area contributed by atoms with E-state index in [1.165, 1.54) is 4.88 Å². The quantitative estimate of drug-likeness (QED) is 0.753. The van der Waals surface area contributed by atoms with Crippen molar-refractivity contribution in [3.8, 4) is 0 Å². The monoisotopic (exact) mass is 275 g/mol. The fourth-order valence-electron chi connectivity index (χ4n) is 1.78. The van der Waals surface area contributed by atoms with Gasteiger partial charge >= 0.3 is 0 Å². The highest BCUT2D eigenvalue weighted by Gasteiger charge is 2.07. The Labute approximate surface area is 113 Å². The van der Waals surface area contributed by atoms with Gasteiger partial charge < -0.3 is 5.32 Å². The predicted molar refractivity (Wildman–Crippen MR) is 76.9 cm³/mol. The fraction of sp³-hybridized carbons (Fsp3) is 0.0769. The molecule has 90 valence electrons. The lowest BCUT2D eigenvalue weighted by Gasteiger charge is -2.06. The van der Waals surface area contributed by atoms with E-state index in [2.05, 4.69) is 28.3 Å². The van der Waals surface area contributed by atoms with Crippen LogP contribution in [0.4, 0.5) is 11.5 Å². The van der Waals surface area contributed by atoms with Gasteiger partial charge in [-0.1, -0.05) is 17.7 Å². The normalized spacial score (nSPS) is 10.8. The molecule has 0 amide bonds. The molecule has 0 saturated heterocycles. The van der Waals surface area contributed by atoms with Crippen molar-refractivity contribution in [2.24, 2.45) is 0 Å². The minimum atomic E-state index is 0.701. The molecule has 18 heavy (non-hydrogen) atoms. The van der Waals surface area contributed by atoms with Crippen molar-refractivity contribution in [3.05, 3.63) is 46.6 Å². The summed E-state index contributed by atoms with van der Waals surface area (Å²) >= 11 is 7.63. The lowest BCUT2D eigenvalue weighted by molar-refractivity contribution is 1.23. The van der Waals surface area contributed by atoms with E-state index in [0.29, 0.717) is 5.02 Å². The van der Waals surface area contributed by atoms with Crippen molar-refractivity contribution in [1.29, 1.82) is 0 Å². The average molecular weight is 276 g/mol. The minimum absolute atomic E-state index is 0.701. The van der Waals surface area contributed by atoms with Gasteiger partial charge in [-0.2, -0.15) is 0 Å². The summed E-state index contributed by atoms with van der Waals surface area (Å²) in [5, 5.41) is 5.01. The molecule has 1 N–H and O–H groups in total. The van der Waals surface area contributed by atoms with E-state index in [0.717, 1.165) is 21.7 Å². The number of hydrogen-bond donors (Lipinski definition) is 1. The number of anilines is 2. The van der Waals surface area contributed by atoms with Crippen LogP contribution in [-0.4, -0.2) is 9.97 Å². The second kappa shape index (κ2) is 4.55. The maximum absolute atomic E-state index is 5.96. The van der Waals surface area contributed by atoms with Crippen molar-refractivity contribution >= 4 is 44.7 Å². The fourth-order valence-corrected chi connectivity index (χ4v) is 2.82. The Balaban J connectivity index is 2.04. The van der Waals surface area contributed by atoms with E-state index in [1.807, 2.05) is 24.3 Å². The first-order chi connectivity index (χ1) is 8.72. The lowest BCUT2D eigenvalue weighted by atomic mass is 10.3. The van der Waals surface area contributed by atoms with Gasteiger partial charge in [0.2, 0.25) is 0 Å². The molecule has 1 aromatic carbocycles. The molecule has 0 saturated carbocycles. The zero-order valence-corrected chi connectivity index (χ0v) is 11.2. The van der Waals surface area contributed by atoms with Gasteiger partial charge in [0.05, 0.1) is 5.39 Å². The highest BCUT2D eigenvalue weighted by Crippen LogP contribution is 2.29. The minimum Gasteiger partial charge on any atom is -0.340 e. The van der Waals surface area contributed by atoms with E-state index >= 15 is 0 Å². The molecule has 0 aliphatic carbocycles. The molecule has 2 aromatic heterocycles. The third kappa shape index (κ3) is 2.17. The smallest absolute Gasteiger partial charge is 0.142 e. The van der Waals surface area contributed by atoms with Gasteiger partial charge in [-0.05, 0) is 31.2 Å². The molecule has 2 heterocycles. The Morgan fingerprint density at radius 1 is 1.22 bits per heavy atom. The van der Waals surface area contributed by atoms with E-state index in [-0.39, 0.29) is 0 Å². The average Bonchev–Trinajstić information content (AvgIpc) is 2.71. The number of fused-ring (bicyclic) bond motifs is 1. The van der Waals surface area contributed by atoms with Crippen LogP contribution in [0.3, 0.4) is 0 Å². The van der Waals surface area contributed by atoms with Crippen molar-refractivity contribution < 1.29 is 0 Å². The largest absolute Gasteiger partial charge is 0.340 e. The Morgan fingerprint density at radius 3 is 2.94 bits per heavy atom. The van der Waals surface area contributed by atoms with Crippen LogP contribution in [-0.2, 0) is 0 Å². The molecule has 0 unspecified atom stereocenters. The second-order valence-corrected chi connectivity index (χ2v) is 5.60. The molecule has 3 aromatic rings. The van der Waals surface area contributed by atoms with E-state index in [4.69, 9.17) is 11.6 Å². The van der Waals surface area contributed by atoms with Gasteiger partial charge in [0.25, 0.3) is 0 Å². The molecule has 3 rings (SSSR count). The van der Waals surface area contributed by atoms with Gasteiger partial charge in [0, 0.05) is 15.6 Å². The van der Waals surface area contributed by atoms with Gasteiger partial charge in [0.1, 0.15) is 17.0 Å². The Kier molecular flexibility index (Phi) is 2.89. The number of thiophene rings is 1. The number of nitrogens with one attached hydrogen (secondary N) is 1. The number of hydrogen-bond acceptors (Lipinski definition) is 4. The van der Waals surface area contributed by atoms with Gasteiger partial charge in [-0.15, -0.1) is 11.3 Å². The zero-order chi connectivity index (χ0) is 12.5. The summed E-state index contributed by atoms with van der Waals surface area (Å²) in [7, 11) is 0. The van der Waals surface area contributed by atoms with Crippen LogP contribution in [0.1, 0.15) is 4.88 Å². The summed E-state index contributed by atoms with van der Waals surface area (Å²) in [4.78, 5) is 10.8. The zero-order valence-electron chi connectivity index (χ0n) is 9.64. The van der Waals surface area contributed by atoms with Gasteiger partial charge in [-0.3, -0.25) is 0 Å². The predicted octanol–water partition coefficient (Wildman–Crippen LogP) is 4.40. The second-order valence-electron chi connectivity index (χ2n) is 3.93. The van der Waals surface area contributed by atoms with E-state index < -0.39 is 0 Å². The summed E-state index contributed by atoms with van der Waals surface area (Å²) < 4.78 is 0. The maximum atomic E-state index is 5.96. The number of aromatic nitrogens is 2. The lowest BCUT2D eigenvalue weighted by Crippen LogP contribution is -1.94. The first-order valence-electron chi connectivity index (χ1n) is 5.46. The number of rotatable bonds is 2. The Hall–Kier alpha value is -1.65. The van der Waals surface area contributed by atoms with E-state index in [1.54, 1.807) is 17.7 Å². The number of halogens is 1. The van der Waals surface area contributed by atoms with Crippen molar-refractivity contribution in [3.63, 3.8) is 0 Å². The molecular formula is C13H10ClN3S. The highest BCUT2D eigenvalue weighted by molar-refractivity contribution is 7.18. The van der Waals surface area contributed by atoms with Crippen LogP contribution in [0, 0.1) is 6.92 Å². The van der Waals surface area contributed by atoms with Crippen molar-refractivity contribution in [2.45, 2.75) is 6.92 Å². The molecular weight excluding hydrogens is 266 g/mol. The third-order valence-electron chi connectivity index (χ3n) is 2.54. The highest BCUT2D eigenvalue weighted by atomic mass is 35.5. The summed E-state index contributed by atoms with van der Waals surface area (Å²) in [6.45, 7) is 2.06. The van der Waals surface area contributed by atoms with Gasteiger partial charge in [0.15, 0.2) is 0 Å². The van der Waals surface area contributed by atoms with Crippen LogP contribution >= 0.6 is 22.9 Å².